The summed E-state index contributed by atoms with van der Waals surface area (Å²) < 4.78 is 0. The van der Waals surface area contributed by atoms with Crippen LogP contribution in [0.2, 0.25) is 0 Å². The number of amides is 1. The van der Waals surface area contributed by atoms with Gasteiger partial charge in [-0.1, -0.05) is 60.7 Å². The second-order valence-corrected chi connectivity index (χ2v) is 4.56. The summed E-state index contributed by atoms with van der Waals surface area (Å²) >= 11 is 0. The van der Waals surface area contributed by atoms with Gasteiger partial charge in [0.25, 0.3) is 5.91 Å². The maximum absolute atomic E-state index is 12.3. The fraction of sp³-hybridized carbons (Fsp3) is 0.111. The highest BCUT2D eigenvalue weighted by molar-refractivity contribution is 5.95. The van der Waals surface area contributed by atoms with Gasteiger partial charge in [-0.25, -0.2) is 0 Å². The molecule has 2 aromatic carbocycles. The van der Waals surface area contributed by atoms with E-state index in [1.54, 1.807) is 12.1 Å². The van der Waals surface area contributed by atoms with E-state index in [4.69, 9.17) is 0 Å². The highest BCUT2D eigenvalue weighted by Crippen LogP contribution is 2.06. The van der Waals surface area contributed by atoms with Crippen LogP contribution in [-0.4, -0.2) is 30.2 Å². The third kappa shape index (κ3) is 4.42. The zero-order chi connectivity index (χ0) is 14.9. The molecule has 0 bridgehead atoms. The largest absolute Gasteiger partial charge is 0.328 e. The van der Waals surface area contributed by atoms with Crippen LogP contribution < -0.4 is 0 Å². The van der Waals surface area contributed by atoms with E-state index in [0.717, 1.165) is 11.8 Å². The van der Waals surface area contributed by atoms with E-state index in [-0.39, 0.29) is 12.5 Å². The highest BCUT2D eigenvalue weighted by atomic mass is 16.2. The minimum absolute atomic E-state index is 0.0901. The summed E-state index contributed by atoms with van der Waals surface area (Å²) in [6.45, 7) is 0.494. The molecule has 0 aliphatic heterocycles. The van der Waals surface area contributed by atoms with Crippen molar-refractivity contribution < 1.29 is 9.59 Å². The van der Waals surface area contributed by atoms with E-state index in [0.29, 0.717) is 12.1 Å². The summed E-state index contributed by atoms with van der Waals surface area (Å²) in [6, 6.07) is 18.8. The van der Waals surface area contributed by atoms with Crippen molar-refractivity contribution >= 4 is 18.3 Å². The van der Waals surface area contributed by atoms with Crippen LogP contribution in [0.5, 0.6) is 0 Å². The molecule has 0 unspecified atom stereocenters. The summed E-state index contributed by atoms with van der Waals surface area (Å²) in [5.41, 5.74) is 1.66. The number of benzene rings is 2. The molecule has 0 aliphatic carbocycles. The zero-order valence-electron chi connectivity index (χ0n) is 11.7. The van der Waals surface area contributed by atoms with Crippen LogP contribution in [0.25, 0.3) is 6.08 Å². The summed E-state index contributed by atoms with van der Waals surface area (Å²) in [5.74, 6) is -0.139. The molecule has 21 heavy (non-hydrogen) atoms. The Morgan fingerprint density at radius 2 is 1.52 bits per heavy atom. The number of hydrogen-bond donors (Lipinski definition) is 0. The van der Waals surface area contributed by atoms with Crippen LogP contribution in [0.4, 0.5) is 0 Å². The molecule has 0 aliphatic rings. The van der Waals surface area contributed by atoms with Gasteiger partial charge in [-0.2, -0.15) is 0 Å². The second kappa shape index (κ2) is 7.80. The summed E-state index contributed by atoms with van der Waals surface area (Å²) in [7, 11) is 0. The minimum Gasteiger partial charge on any atom is -0.328 e. The third-order valence-electron chi connectivity index (χ3n) is 3.04. The van der Waals surface area contributed by atoms with Gasteiger partial charge in [-0.05, 0) is 17.7 Å². The molecule has 1 amide bonds. The Morgan fingerprint density at radius 1 is 0.905 bits per heavy atom. The summed E-state index contributed by atoms with van der Waals surface area (Å²) in [5, 5.41) is 0. The first-order valence-corrected chi connectivity index (χ1v) is 6.81. The van der Waals surface area contributed by atoms with Crippen molar-refractivity contribution in [3.05, 3.63) is 77.9 Å². The van der Waals surface area contributed by atoms with Crippen molar-refractivity contribution in [2.75, 3.05) is 13.1 Å². The number of nitrogens with zero attached hydrogens (tertiary/aromatic N) is 1. The lowest BCUT2D eigenvalue weighted by atomic mass is 10.2. The maximum atomic E-state index is 12.3. The van der Waals surface area contributed by atoms with E-state index < -0.39 is 0 Å². The number of carbonyl (C=O) groups is 2. The zero-order valence-corrected chi connectivity index (χ0v) is 11.7. The fourth-order valence-electron chi connectivity index (χ4n) is 1.97. The van der Waals surface area contributed by atoms with Crippen LogP contribution >= 0.6 is 0 Å². The third-order valence-corrected chi connectivity index (χ3v) is 3.04. The first-order valence-electron chi connectivity index (χ1n) is 6.81. The quantitative estimate of drug-likeness (QED) is 0.762. The predicted molar refractivity (Wildman–Crippen MR) is 83.9 cm³/mol. The Bertz CT molecular complexity index is 606. The first kappa shape index (κ1) is 14.7. The van der Waals surface area contributed by atoms with Gasteiger partial charge in [0.05, 0.1) is 6.54 Å². The molecule has 0 saturated carbocycles. The molecule has 0 N–H and O–H groups in total. The van der Waals surface area contributed by atoms with Gasteiger partial charge in [0.2, 0.25) is 0 Å². The average Bonchev–Trinajstić information content (AvgIpc) is 2.55. The molecule has 0 atom stereocenters. The predicted octanol–water partition coefficient (Wildman–Crippen LogP) is 3.04. The van der Waals surface area contributed by atoms with Crippen LogP contribution in [0.15, 0.2) is 66.7 Å². The Morgan fingerprint density at radius 3 is 2.14 bits per heavy atom. The smallest absolute Gasteiger partial charge is 0.254 e. The monoisotopic (exact) mass is 279 g/mol. The topological polar surface area (TPSA) is 37.4 Å². The molecule has 0 aromatic heterocycles. The van der Waals surface area contributed by atoms with Crippen LogP contribution in [-0.2, 0) is 4.79 Å². The molecule has 3 heteroatoms. The van der Waals surface area contributed by atoms with E-state index in [2.05, 4.69) is 0 Å². The molecule has 0 heterocycles. The maximum Gasteiger partial charge on any atom is 0.254 e. The van der Waals surface area contributed by atoms with Crippen molar-refractivity contribution in [3.63, 3.8) is 0 Å². The molecule has 0 spiro atoms. The Hall–Kier alpha value is -2.68. The molecule has 3 nitrogen and oxygen atoms in total. The van der Waals surface area contributed by atoms with Crippen molar-refractivity contribution in [1.82, 2.24) is 4.90 Å². The van der Waals surface area contributed by atoms with Gasteiger partial charge >= 0.3 is 0 Å². The minimum atomic E-state index is -0.139. The number of carbonyl (C=O) groups excluding carboxylic acids is 2. The van der Waals surface area contributed by atoms with E-state index in [9.17, 15) is 9.59 Å². The summed E-state index contributed by atoms with van der Waals surface area (Å²) in [4.78, 5) is 24.6. The second-order valence-electron chi connectivity index (χ2n) is 4.56. The molecule has 2 aromatic rings. The standard InChI is InChI=1S/C18H17NO2/c20-15-14-19(18(21)17-11-5-2-6-12-17)13-7-10-16-8-3-1-4-9-16/h1-12,15H,13-14H2. The van der Waals surface area contributed by atoms with Crippen LogP contribution in [0.3, 0.4) is 0 Å². The van der Waals surface area contributed by atoms with Gasteiger partial charge < -0.3 is 9.69 Å². The SMILES string of the molecule is O=CCN(CC=Cc1ccccc1)C(=O)c1ccccc1. The summed E-state index contributed by atoms with van der Waals surface area (Å²) in [6.07, 6.45) is 4.58. The number of aldehydes is 1. The van der Waals surface area contributed by atoms with E-state index in [1.165, 1.54) is 4.90 Å². The van der Waals surface area contributed by atoms with Crippen molar-refractivity contribution in [1.29, 1.82) is 0 Å². The van der Waals surface area contributed by atoms with Crippen molar-refractivity contribution in [2.45, 2.75) is 0 Å². The Balaban J connectivity index is 2.04. The Labute approximate surface area is 124 Å². The molecule has 0 saturated heterocycles. The van der Waals surface area contributed by atoms with Gasteiger partial charge in [-0.15, -0.1) is 0 Å². The van der Waals surface area contributed by atoms with Crippen LogP contribution in [0, 0.1) is 0 Å². The van der Waals surface area contributed by atoms with Crippen LogP contribution in [0.1, 0.15) is 15.9 Å². The van der Waals surface area contributed by atoms with Gasteiger partial charge in [0.15, 0.2) is 0 Å². The van der Waals surface area contributed by atoms with Gasteiger partial charge in [0.1, 0.15) is 6.29 Å². The van der Waals surface area contributed by atoms with Crippen molar-refractivity contribution in [2.24, 2.45) is 0 Å². The first-order chi connectivity index (χ1) is 10.3. The lowest BCUT2D eigenvalue weighted by Gasteiger charge is -2.18. The normalized spacial score (nSPS) is 10.5. The lowest BCUT2D eigenvalue weighted by Crippen LogP contribution is -2.32. The molecule has 0 radical (unpaired) electrons. The fourth-order valence-corrected chi connectivity index (χ4v) is 1.97. The van der Waals surface area contributed by atoms with Gasteiger partial charge in [0, 0.05) is 12.1 Å². The molecular formula is C18H17NO2. The lowest BCUT2D eigenvalue weighted by molar-refractivity contribution is -0.108. The molecule has 0 fully saturated rings. The highest BCUT2D eigenvalue weighted by Gasteiger charge is 2.13. The number of hydrogen-bond acceptors (Lipinski definition) is 2. The van der Waals surface area contributed by atoms with E-state index in [1.807, 2.05) is 60.7 Å². The van der Waals surface area contributed by atoms with Crippen molar-refractivity contribution in [3.8, 4) is 0 Å². The molecule has 106 valence electrons. The Kier molecular flexibility index (Phi) is 5.47. The van der Waals surface area contributed by atoms with Gasteiger partial charge in [-0.3, -0.25) is 4.79 Å². The number of rotatable bonds is 6. The molecule has 2 rings (SSSR count). The molecular weight excluding hydrogens is 262 g/mol. The average molecular weight is 279 g/mol. The van der Waals surface area contributed by atoms with E-state index >= 15 is 0 Å².